The highest BCUT2D eigenvalue weighted by molar-refractivity contribution is 9.10. The molecule has 0 atom stereocenters. The number of nitrogens with zero attached hydrogens (tertiary/aromatic N) is 2. The van der Waals surface area contributed by atoms with E-state index < -0.39 is 0 Å². The van der Waals surface area contributed by atoms with Crippen LogP contribution in [0.4, 0.5) is 0 Å². The van der Waals surface area contributed by atoms with Gasteiger partial charge < -0.3 is 4.74 Å². The van der Waals surface area contributed by atoms with Crippen LogP contribution in [0.3, 0.4) is 0 Å². The molecule has 0 aliphatic rings. The Morgan fingerprint density at radius 2 is 1.90 bits per heavy atom. The van der Waals surface area contributed by atoms with E-state index in [2.05, 4.69) is 34.9 Å². The average Bonchev–Trinajstić information content (AvgIpc) is 2.85. The van der Waals surface area contributed by atoms with Crippen LogP contribution in [0.15, 0.2) is 28.7 Å². The van der Waals surface area contributed by atoms with Gasteiger partial charge in [-0.25, -0.2) is 4.68 Å². The molecule has 0 fully saturated rings. The zero-order chi connectivity index (χ0) is 15.4. The molecule has 112 valence electrons. The second-order valence-electron chi connectivity index (χ2n) is 4.72. The maximum atomic E-state index is 11.6. The summed E-state index contributed by atoms with van der Waals surface area (Å²) in [6.45, 7) is 4.13. The number of halogens is 1. The topological polar surface area (TPSA) is 44.1 Å². The summed E-state index contributed by atoms with van der Waals surface area (Å²) < 4.78 is 7.77. The van der Waals surface area contributed by atoms with Crippen molar-refractivity contribution in [3.8, 4) is 5.69 Å². The van der Waals surface area contributed by atoms with E-state index >= 15 is 0 Å². The van der Waals surface area contributed by atoms with Crippen molar-refractivity contribution in [1.29, 1.82) is 0 Å². The quantitative estimate of drug-likeness (QED) is 0.775. The molecule has 0 aliphatic carbocycles. The van der Waals surface area contributed by atoms with E-state index in [9.17, 15) is 4.79 Å². The Morgan fingerprint density at radius 3 is 2.43 bits per heavy atom. The van der Waals surface area contributed by atoms with E-state index in [0.717, 1.165) is 40.0 Å². The Hall–Kier alpha value is -1.62. The lowest BCUT2D eigenvalue weighted by Gasteiger charge is -2.07. The summed E-state index contributed by atoms with van der Waals surface area (Å²) in [5.74, 6) is -0.227. The molecular formula is C16H19BrN2O2. The number of carbonyl (C=O) groups is 1. The fourth-order valence-electron chi connectivity index (χ4n) is 2.40. The Bertz CT molecular complexity index is 632. The highest BCUT2D eigenvalue weighted by Gasteiger charge is 2.19. The zero-order valence-corrected chi connectivity index (χ0v) is 14.1. The molecule has 0 saturated heterocycles. The molecule has 21 heavy (non-hydrogen) atoms. The average molecular weight is 351 g/mol. The lowest BCUT2D eigenvalue weighted by molar-refractivity contribution is -0.139. The molecule has 0 radical (unpaired) electrons. The molecule has 0 spiro atoms. The minimum absolute atomic E-state index is 0.227. The molecule has 0 N–H and O–H groups in total. The minimum atomic E-state index is -0.227. The second-order valence-corrected chi connectivity index (χ2v) is 5.64. The van der Waals surface area contributed by atoms with Gasteiger partial charge in [0.05, 0.1) is 24.9 Å². The third-order valence-electron chi connectivity index (χ3n) is 3.46. The van der Waals surface area contributed by atoms with Gasteiger partial charge in [-0.05, 0) is 37.1 Å². The number of aromatic nitrogens is 2. The van der Waals surface area contributed by atoms with E-state index in [1.54, 1.807) is 0 Å². The number of benzene rings is 1. The van der Waals surface area contributed by atoms with Gasteiger partial charge in [0, 0.05) is 15.7 Å². The lowest BCUT2D eigenvalue weighted by Crippen LogP contribution is -2.08. The molecule has 1 aromatic carbocycles. The maximum Gasteiger partial charge on any atom is 0.310 e. The number of methoxy groups -OCH3 is 1. The van der Waals surface area contributed by atoms with Gasteiger partial charge in [-0.3, -0.25) is 4.79 Å². The van der Waals surface area contributed by atoms with Crippen molar-refractivity contribution >= 4 is 21.9 Å². The van der Waals surface area contributed by atoms with E-state index in [1.807, 2.05) is 28.9 Å². The molecule has 0 aliphatic heterocycles. The van der Waals surface area contributed by atoms with Gasteiger partial charge in [0.1, 0.15) is 0 Å². The Labute approximate surface area is 133 Å². The molecule has 1 heterocycles. The fourth-order valence-corrected chi connectivity index (χ4v) is 2.66. The molecule has 0 bridgehead atoms. The van der Waals surface area contributed by atoms with Crippen LogP contribution < -0.4 is 0 Å². The Morgan fingerprint density at radius 1 is 1.24 bits per heavy atom. The second kappa shape index (κ2) is 6.89. The molecule has 1 aromatic heterocycles. The lowest BCUT2D eigenvalue weighted by atomic mass is 10.1. The van der Waals surface area contributed by atoms with Crippen molar-refractivity contribution in [2.45, 2.75) is 33.1 Å². The van der Waals surface area contributed by atoms with Gasteiger partial charge in [-0.2, -0.15) is 5.10 Å². The molecule has 0 unspecified atom stereocenters. The summed E-state index contributed by atoms with van der Waals surface area (Å²) in [6, 6.07) is 8.00. The van der Waals surface area contributed by atoms with Crippen LogP contribution in [0.5, 0.6) is 0 Å². The van der Waals surface area contributed by atoms with Crippen molar-refractivity contribution in [3.05, 3.63) is 45.7 Å². The predicted octanol–water partition coefficient (Wildman–Crippen LogP) is 3.48. The first-order valence-electron chi connectivity index (χ1n) is 7.03. The van der Waals surface area contributed by atoms with E-state index in [4.69, 9.17) is 4.74 Å². The zero-order valence-electron chi connectivity index (χ0n) is 12.5. The number of hydrogen-bond donors (Lipinski definition) is 0. The summed E-state index contributed by atoms with van der Waals surface area (Å²) >= 11 is 3.44. The van der Waals surface area contributed by atoms with Gasteiger partial charge in [-0.15, -0.1) is 0 Å². The smallest absolute Gasteiger partial charge is 0.310 e. The monoisotopic (exact) mass is 350 g/mol. The van der Waals surface area contributed by atoms with Gasteiger partial charge in [0.15, 0.2) is 0 Å². The molecule has 4 nitrogen and oxygen atoms in total. The molecular weight excluding hydrogens is 332 g/mol. The van der Waals surface area contributed by atoms with Crippen molar-refractivity contribution < 1.29 is 9.53 Å². The van der Waals surface area contributed by atoms with Crippen molar-refractivity contribution in [2.24, 2.45) is 0 Å². The molecule has 0 saturated carbocycles. The first-order valence-corrected chi connectivity index (χ1v) is 7.82. The number of aryl methyl sites for hydroxylation is 1. The van der Waals surface area contributed by atoms with Crippen LogP contribution in [0.1, 0.15) is 30.8 Å². The fraction of sp³-hybridized carbons (Fsp3) is 0.375. The van der Waals surface area contributed by atoms with Crippen molar-refractivity contribution in [3.63, 3.8) is 0 Å². The maximum absolute atomic E-state index is 11.6. The van der Waals surface area contributed by atoms with Crippen molar-refractivity contribution in [2.75, 3.05) is 7.11 Å². The van der Waals surface area contributed by atoms with Crippen LogP contribution in [0.2, 0.25) is 0 Å². The van der Waals surface area contributed by atoms with Gasteiger partial charge >= 0.3 is 5.97 Å². The number of hydrogen-bond acceptors (Lipinski definition) is 3. The largest absolute Gasteiger partial charge is 0.469 e. The van der Waals surface area contributed by atoms with E-state index in [-0.39, 0.29) is 12.4 Å². The van der Waals surface area contributed by atoms with Crippen LogP contribution in [0, 0.1) is 0 Å². The first kappa shape index (κ1) is 15.8. The highest BCUT2D eigenvalue weighted by atomic mass is 79.9. The highest BCUT2D eigenvalue weighted by Crippen LogP contribution is 2.22. The normalized spacial score (nSPS) is 10.7. The summed E-state index contributed by atoms with van der Waals surface area (Å²) in [7, 11) is 1.42. The summed E-state index contributed by atoms with van der Waals surface area (Å²) in [5.41, 5.74) is 4.02. The van der Waals surface area contributed by atoms with Gasteiger partial charge in [-0.1, -0.05) is 29.8 Å². The predicted molar refractivity (Wildman–Crippen MR) is 85.7 cm³/mol. The van der Waals surface area contributed by atoms with Crippen LogP contribution in [-0.4, -0.2) is 22.9 Å². The van der Waals surface area contributed by atoms with Crippen LogP contribution >= 0.6 is 15.9 Å². The molecule has 0 amide bonds. The number of rotatable bonds is 5. The van der Waals surface area contributed by atoms with Crippen LogP contribution in [-0.2, 0) is 28.8 Å². The first-order chi connectivity index (χ1) is 10.1. The number of ether oxygens (including phenoxy) is 1. The Kier molecular flexibility index (Phi) is 5.17. The third-order valence-corrected chi connectivity index (χ3v) is 3.99. The summed E-state index contributed by atoms with van der Waals surface area (Å²) in [6.07, 6.45) is 1.89. The number of carbonyl (C=O) groups excluding carboxylic acids is 1. The SMILES string of the molecule is CCc1nn(-c2ccc(Br)cc2)c(CC)c1CC(=O)OC. The minimum Gasteiger partial charge on any atom is -0.469 e. The molecule has 2 rings (SSSR count). The third kappa shape index (κ3) is 3.35. The van der Waals surface area contributed by atoms with E-state index in [0.29, 0.717) is 0 Å². The summed E-state index contributed by atoms with van der Waals surface area (Å²) in [5, 5.41) is 4.68. The van der Waals surface area contributed by atoms with E-state index in [1.165, 1.54) is 7.11 Å². The Balaban J connectivity index is 2.51. The van der Waals surface area contributed by atoms with Gasteiger partial charge in [0.25, 0.3) is 0 Å². The molecule has 2 aromatic rings. The van der Waals surface area contributed by atoms with Crippen molar-refractivity contribution in [1.82, 2.24) is 9.78 Å². The standard InChI is InChI=1S/C16H19BrN2O2/c1-4-14-13(10-16(20)21-3)15(5-2)19(18-14)12-8-6-11(17)7-9-12/h6-9H,4-5,10H2,1-3H3. The number of esters is 1. The van der Waals surface area contributed by atoms with Gasteiger partial charge in [0.2, 0.25) is 0 Å². The summed E-state index contributed by atoms with van der Waals surface area (Å²) in [4.78, 5) is 11.6. The molecule has 5 heteroatoms. The van der Waals surface area contributed by atoms with Crippen LogP contribution in [0.25, 0.3) is 5.69 Å².